The quantitative estimate of drug-likeness (QED) is 0.534. The third-order valence-electron chi connectivity index (χ3n) is 6.64. The summed E-state index contributed by atoms with van der Waals surface area (Å²) in [5.74, 6) is 2.04. The minimum atomic E-state index is -0.274. The van der Waals surface area contributed by atoms with Crippen LogP contribution in [-0.4, -0.2) is 40.5 Å². The standard InChI is InChI=1S/C27H34N4O2/c1-16(2)25(29-19(5)33-6)27(32)31-15-18(4)12-24(31)26-28-14-23(30-26)22-10-9-20-11-17(3)7-8-21(20)13-22/h7-11,13-14,16,18,24-25,29H,5,12,15H2,1-4,6H3,(H,28,30)/p+1. The Hall–Kier alpha value is -3.12. The molecule has 0 radical (unpaired) electrons. The molecule has 6 nitrogen and oxygen atoms in total. The minimum Gasteiger partial charge on any atom is -0.456 e. The van der Waals surface area contributed by atoms with Crippen molar-refractivity contribution in [2.24, 2.45) is 11.8 Å². The van der Waals surface area contributed by atoms with Gasteiger partial charge in [0.05, 0.1) is 25.0 Å². The molecule has 3 N–H and O–H groups in total. The molecule has 1 fully saturated rings. The Balaban J connectivity index is 1.60. The van der Waals surface area contributed by atoms with Crippen LogP contribution in [0.3, 0.4) is 0 Å². The van der Waals surface area contributed by atoms with E-state index < -0.39 is 0 Å². The molecule has 1 aliphatic heterocycles. The lowest BCUT2D eigenvalue weighted by atomic mass is 10.0. The average molecular weight is 448 g/mol. The normalized spacial score (nSPS) is 19.3. The maximum atomic E-state index is 13.6. The number of nitrogens with two attached hydrogens (primary N) is 1. The van der Waals surface area contributed by atoms with Crippen LogP contribution in [0.1, 0.15) is 44.6 Å². The zero-order valence-corrected chi connectivity index (χ0v) is 20.3. The van der Waals surface area contributed by atoms with Gasteiger partial charge in [0.15, 0.2) is 6.04 Å². The number of hydrogen-bond donors (Lipinski definition) is 2. The molecule has 1 aromatic heterocycles. The van der Waals surface area contributed by atoms with Gasteiger partial charge in [0.25, 0.3) is 11.8 Å². The van der Waals surface area contributed by atoms with Gasteiger partial charge in [0, 0.05) is 24.6 Å². The van der Waals surface area contributed by atoms with E-state index in [9.17, 15) is 4.79 Å². The summed E-state index contributed by atoms with van der Waals surface area (Å²) in [6.07, 6.45) is 2.78. The number of rotatable bonds is 7. The van der Waals surface area contributed by atoms with Gasteiger partial charge in [-0.15, -0.1) is 0 Å². The topological polar surface area (TPSA) is 74.8 Å². The molecule has 33 heavy (non-hydrogen) atoms. The van der Waals surface area contributed by atoms with Crippen molar-refractivity contribution in [3.63, 3.8) is 0 Å². The molecule has 0 aliphatic carbocycles. The van der Waals surface area contributed by atoms with Gasteiger partial charge in [-0.2, -0.15) is 0 Å². The number of nitrogens with zero attached hydrogens (tertiary/aromatic N) is 2. The maximum Gasteiger partial charge on any atom is 0.282 e. The first-order valence-corrected chi connectivity index (χ1v) is 11.7. The number of aromatic nitrogens is 2. The second-order valence-electron chi connectivity index (χ2n) is 9.70. The number of hydrogen-bond acceptors (Lipinski definition) is 3. The Morgan fingerprint density at radius 2 is 1.97 bits per heavy atom. The van der Waals surface area contributed by atoms with Gasteiger partial charge in [-0.25, -0.2) is 4.98 Å². The van der Waals surface area contributed by atoms with Gasteiger partial charge >= 0.3 is 0 Å². The van der Waals surface area contributed by atoms with Crippen molar-refractivity contribution in [2.75, 3.05) is 13.7 Å². The number of aryl methyl sites for hydroxylation is 1. The van der Waals surface area contributed by atoms with Crippen LogP contribution in [0.4, 0.5) is 0 Å². The molecule has 2 aromatic carbocycles. The van der Waals surface area contributed by atoms with Crippen LogP contribution >= 0.6 is 0 Å². The molecule has 4 rings (SSSR count). The summed E-state index contributed by atoms with van der Waals surface area (Å²) in [5.41, 5.74) is 3.32. The van der Waals surface area contributed by atoms with E-state index in [0.717, 1.165) is 30.0 Å². The predicted molar refractivity (Wildman–Crippen MR) is 131 cm³/mol. The summed E-state index contributed by atoms with van der Waals surface area (Å²) in [6, 6.07) is 12.6. The van der Waals surface area contributed by atoms with E-state index in [2.05, 4.69) is 75.7 Å². The fourth-order valence-electron chi connectivity index (χ4n) is 4.74. The predicted octanol–water partition coefficient (Wildman–Crippen LogP) is 4.15. The monoisotopic (exact) mass is 447 g/mol. The highest BCUT2D eigenvalue weighted by atomic mass is 16.5. The highest BCUT2D eigenvalue weighted by Crippen LogP contribution is 2.35. The number of H-pyrrole nitrogens is 1. The average Bonchev–Trinajstić information content (AvgIpc) is 3.43. The van der Waals surface area contributed by atoms with Gasteiger partial charge in [0.2, 0.25) is 0 Å². The summed E-state index contributed by atoms with van der Waals surface area (Å²) in [7, 11) is 1.58. The van der Waals surface area contributed by atoms with Gasteiger partial charge < -0.3 is 14.6 Å². The summed E-state index contributed by atoms with van der Waals surface area (Å²) in [6.45, 7) is 13.0. The van der Waals surface area contributed by atoms with Gasteiger partial charge in [-0.05, 0) is 36.1 Å². The molecule has 0 bridgehead atoms. The number of ether oxygens (including phenoxy) is 1. The molecule has 3 aromatic rings. The van der Waals surface area contributed by atoms with E-state index in [4.69, 9.17) is 9.72 Å². The first kappa shape index (κ1) is 23.1. The molecule has 3 unspecified atom stereocenters. The van der Waals surface area contributed by atoms with E-state index in [0.29, 0.717) is 11.8 Å². The number of amides is 1. The summed E-state index contributed by atoms with van der Waals surface area (Å²) >= 11 is 0. The molecule has 1 amide bonds. The fraction of sp³-hybridized carbons (Fsp3) is 0.407. The summed E-state index contributed by atoms with van der Waals surface area (Å²) in [4.78, 5) is 23.8. The molecule has 0 spiro atoms. The summed E-state index contributed by atoms with van der Waals surface area (Å²) < 4.78 is 5.23. The number of fused-ring (bicyclic) bond motifs is 1. The second-order valence-corrected chi connectivity index (χ2v) is 9.70. The SMILES string of the molecule is C=C([NH2+]C(C(=O)N1CC(C)CC1c1ncc(-c2ccc3cc(C)ccc3c2)[nH]1)C(C)C)OC. The van der Waals surface area contributed by atoms with Crippen molar-refractivity contribution in [1.82, 2.24) is 14.9 Å². The number of methoxy groups -OCH3 is 1. The third kappa shape index (κ3) is 4.81. The Kier molecular flexibility index (Phi) is 6.56. The van der Waals surface area contributed by atoms with Crippen LogP contribution in [-0.2, 0) is 9.53 Å². The fourth-order valence-corrected chi connectivity index (χ4v) is 4.74. The number of carbonyl (C=O) groups excluding carboxylic acids is 1. The second kappa shape index (κ2) is 9.40. The number of nitrogens with one attached hydrogen (secondary N) is 1. The van der Waals surface area contributed by atoms with Crippen LogP contribution in [0, 0.1) is 18.8 Å². The lowest BCUT2D eigenvalue weighted by molar-refractivity contribution is -0.660. The van der Waals surface area contributed by atoms with Crippen molar-refractivity contribution in [1.29, 1.82) is 0 Å². The van der Waals surface area contributed by atoms with E-state index in [1.165, 1.54) is 16.3 Å². The Labute approximate surface area is 196 Å². The van der Waals surface area contributed by atoms with E-state index in [1.54, 1.807) is 7.11 Å². The number of likely N-dealkylation sites (tertiary alicyclic amines) is 1. The van der Waals surface area contributed by atoms with Crippen LogP contribution in [0.2, 0.25) is 0 Å². The van der Waals surface area contributed by atoms with Gasteiger partial charge in [-0.3, -0.25) is 10.1 Å². The van der Waals surface area contributed by atoms with Crippen LogP contribution < -0.4 is 5.32 Å². The van der Waals surface area contributed by atoms with Gasteiger partial charge in [0.1, 0.15) is 5.82 Å². The molecule has 1 aliphatic rings. The lowest BCUT2D eigenvalue weighted by Gasteiger charge is -2.28. The van der Waals surface area contributed by atoms with Crippen molar-refractivity contribution in [3.8, 4) is 11.3 Å². The highest BCUT2D eigenvalue weighted by Gasteiger charge is 2.41. The molecular formula is C27H35N4O2+. The van der Waals surface area contributed by atoms with Crippen LogP contribution in [0.15, 0.2) is 55.1 Å². The van der Waals surface area contributed by atoms with Crippen molar-refractivity contribution < 1.29 is 14.8 Å². The van der Waals surface area contributed by atoms with E-state index >= 15 is 0 Å². The van der Waals surface area contributed by atoms with Crippen LogP contribution in [0.5, 0.6) is 0 Å². The Morgan fingerprint density at radius 1 is 1.24 bits per heavy atom. The lowest BCUT2D eigenvalue weighted by Crippen LogP contribution is -2.92. The highest BCUT2D eigenvalue weighted by molar-refractivity contribution is 5.87. The third-order valence-corrected chi connectivity index (χ3v) is 6.64. The van der Waals surface area contributed by atoms with Crippen LogP contribution in [0.25, 0.3) is 22.0 Å². The zero-order valence-electron chi connectivity index (χ0n) is 20.3. The van der Waals surface area contributed by atoms with Crippen molar-refractivity contribution >= 4 is 16.7 Å². The maximum absolute atomic E-state index is 13.6. The Morgan fingerprint density at radius 3 is 2.70 bits per heavy atom. The molecule has 3 atom stereocenters. The molecule has 2 heterocycles. The van der Waals surface area contributed by atoms with E-state index in [-0.39, 0.29) is 23.9 Å². The molecular weight excluding hydrogens is 412 g/mol. The minimum absolute atomic E-state index is 0.0604. The first-order chi connectivity index (χ1) is 15.8. The number of benzene rings is 2. The molecule has 0 saturated carbocycles. The number of quaternary nitrogens is 1. The molecule has 6 heteroatoms. The largest absolute Gasteiger partial charge is 0.456 e. The van der Waals surface area contributed by atoms with Crippen molar-refractivity contribution in [3.05, 3.63) is 66.4 Å². The molecule has 1 saturated heterocycles. The molecule has 174 valence electrons. The number of carbonyl (C=O) groups is 1. The number of aromatic amines is 1. The van der Waals surface area contributed by atoms with Gasteiger partial charge in [-0.1, -0.05) is 56.7 Å². The van der Waals surface area contributed by atoms with Crippen molar-refractivity contribution in [2.45, 2.75) is 46.2 Å². The summed E-state index contributed by atoms with van der Waals surface area (Å²) in [5, 5.41) is 4.28. The zero-order chi connectivity index (χ0) is 23.7. The Bertz CT molecular complexity index is 1170. The smallest absolute Gasteiger partial charge is 0.282 e. The number of imidazole rings is 1. The first-order valence-electron chi connectivity index (χ1n) is 11.7. The van der Waals surface area contributed by atoms with E-state index in [1.807, 2.05) is 16.4 Å².